The molecule has 29 heavy (non-hydrogen) atoms. The van der Waals surface area contributed by atoms with Crippen molar-refractivity contribution in [1.29, 1.82) is 0 Å². The van der Waals surface area contributed by atoms with Gasteiger partial charge in [-0.2, -0.15) is 13.2 Å². The number of methoxy groups -OCH3 is 1. The van der Waals surface area contributed by atoms with Crippen molar-refractivity contribution in [2.45, 2.75) is 6.18 Å². The molecule has 3 aromatic carbocycles. The smallest absolute Gasteiger partial charge is 0.416 e. The number of carbonyl (C=O) groups excluding carboxylic acids is 1. The molecule has 146 valence electrons. The van der Waals surface area contributed by atoms with E-state index < -0.39 is 17.6 Å². The lowest BCUT2D eigenvalue weighted by molar-refractivity contribution is -0.137. The number of aliphatic imine (C=N–C) groups is 1. The van der Waals surface area contributed by atoms with Crippen molar-refractivity contribution in [2.24, 2.45) is 4.99 Å². The number of para-hydroxylation sites is 1. The number of alkyl halides is 3. The summed E-state index contributed by atoms with van der Waals surface area (Å²) in [7, 11) is 1.52. The lowest BCUT2D eigenvalue weighted by atomic mass is 10.1. The number of nitrogens with zero attached hydrogens (tertiary/aromatic N) is 2. The highest BCUT2D eigenvalue weighted by Gasteiger charge is 2.36. The lowest BCUT2D eigenvalue weighted by Gasteiger charge is -2.17. The number of hydrogen-bond acceptors (Lipinski definition) is 3. The molecule has 0 aromatic heterocycles. The van der Waals surface area contributed by atoms with Gasteiger partial charge in [0.1, 0.15) is 11.5 Å². The van der Waals surface area contributed by atoms with Crippen LogP contribution in [0.1, 0.15) is 11.1 Å². The Morgan fingerprint density at radius 3 is 2.38 bits per heavy atom. The summed E-state index contributed by atoms with van der Waals surface area (Å²) in [4.78, 5) is 18.9. The Labute approximate surface area is 164 Å². The number of hydrogen-bond donors (Lipinski definition) is 0. The fourth-order valence-corrected chi connectivity index (χ4v) is 3.18. The van der Waals surface area contributed by atoms with Crippen LogP contribution in [-0.2, 0) is 11.0 Å². The maximum absolute atomic E-state index is 13.2. The molecular weight excluding hydrogens is 381 g/mol. The first-order valence-corrected chi connectivity index (χ1v) is 8.72. The summed E-state index contributed by atoms with van der Waals surface area (Å²) >= 11 is 0. The molecule has 0 unspecified atom stereocenters. The Bertz CT molecular complexity index is 1110. The third kappa shape index (κ3) is 3.47. The minimum Gasteiger partial charge on any atom is -0.497 e. The molecule has 0 spiro atoms. The van der Waals surface area contributed by atoms with Crippen molar-refractivity contribution in [1.82, 2.24) is 0 Å². The first-order chi connectivity index (χ1) is 13.9. The van der Waals surface area contributed by atoms with Crippen LogP contribution in [0.4, 0.5) is 30.2 Å². The molecule has 4 nitrogen and oxygen atoms in total. The zero-order chi connectivity index (χ0) is 20.6. The fourth-order valence-electron chi connectivity index (χ4n) is 3.18. The molecule has 7 heteroatoms. The van der Waals surface area contributed by atoms with Crippen LogP contribution in [-0.4, -0.2) is 18.7 Å². The van der Waals surface area contributed by atoms with Crippen molar-refractivity contribution >= 4 is 28.7 Å². The van der Waals surface area contributed by atoms with E-state index in [1.54, 1.807) is 42.5 Å². The molecule has 1 heterocycles. The van der Waals surface area contributed by atoms with Gasteiger partial charge >= 0.3 is 6.18 Å². The average Bonchev–Trinajstić information content (AvgIpc) is 2.99. The molecule has 0 aliphatic carbocycles. The summed E-state index contributed by atoms with van der Waals surface area (Å²) < 4.78 is 44.3. The molecule has 1 amide bonds. The molecule has 0 saturated carbocycles. The fraction of sp³-hybridized carbons (Fsp3) is 0.0909. The van der Waals surface area contributed by atoms with E-state index in [4.69, 9.17) is 4.74 Å². The third-order valence-corrected chi connectivity index (χ3v) is 4.54. The van der Waals surface area contributed by atoms with E-state index in [2.05, 4.69) is 4.99 Å². The van der Waals surface area contributed by atoms with Crippen LogP contribution in [0.25, 0.3) is 0 Å². The van der Waals surface area contributed by atoms with E-state index in [0.717, 1.165) is 12.1 Å². The average molecular weight is 396 g/mol. The second-order valence-corrected chi connectivity index (χ2v) is 6.37. The number of halogens is 3. The quantitative estimate of drug-likeness (QED) is 0.586. The molecule has 0 bridgehead atoms. The van der Waals surface area contributed by atoms with Gasteiger partial charge < -0.3 is 4.74 Å². The van der Waals surface area contributed by atoms with Crippen molar-refractivity contribution < 1.29 is 22.7 Å². The molecule has 0 saturated heterocycles. The normalized spacial score (nSPS) is 15.0. The molecule has 0 radical (unpaired) electrons. The Hall–Kier alpha value is -3.61. The first-order valence-electron chi connectivity index (χ1n) is 8.72. The van der Waals surface area contributed by atoms with Gasteiger partial charge in [0.15, 0.2) is 0 Å². The lowest BCUT2D eigenvalue weighted by Crippen LogP contribution is -2.25. The van der Waals surface area contributed by atoms with Crippen molar-refractivity contribution in [3.05, 3.63) is 83.9 Å². The Morgan fingerprint density at radius 2 is 1.69 bits per heavy atom. The standard InChI is InChI=1S/C22H15F3N2O2/c1-29-17-10-11-18-19(13-17)27(16-8-3-2-4-9-16)21(28)20(18)26-15-7-5-6-14(12-15)22(23,24)25/h2-13H,1H3/b26-20-. The minimum atomic E-state index is -4.49. The van der Waals surface area contributed by atoms with E-state index in [9.17, 15) is 18.0 Å². The first kappa shape index (κ1) is 18.7. The van der Waals surface area contributed by atoms with Gasteiger partial charge in [-0.15, -0.1) is 0 Å². The second-order valence-electron chi connectivity index (χ2n) is 6.37. The van der Waals surface area contributed by atoms with Crippen LogP contribution < -0.4 is 9.64 Å². The highest BCUT2D eigenvalue weighted by atomic mass is 19.4. The maximum Gasteiger partial charge on any atom is 0.416 e. The number of anilines is 2. The molecule has 4 rings (SSSR count). The molecule has 0 fully saturated rings. The monoisotopic (exact) mass is 396 g/mol. The second kappa shape index (κ2) is 7.09. The van der Waals surface area contributed by atoms with Gasteiger partial charge in [-0.25, -0.2) is 4.99 Å². The van der Waals surface area contributed by atoms with Gasteiger partial charge in [-0.1, -0.05) is 24.3 Å². The predicted molar refractivity (Wildman–Crippen MR) is 104 cm³/mol. The molecule has 0 atom stereocenters. The van der Waals surface area contributed by atoms with Crippen molar-refractivity contribution in [3.8, 4) is 5.75 Å². The maximum atomic E-state index is 13.2. The third-order valence-electron chi connectivity index (χ3n) is 4.54. The summed E-state index contributed by atoms with van der Waals surface area (Å²) in [5.74, 6) is 0.134. The Balaban J connectivity index is 1.86. The molecular formula is C22H15F3N2O2. The van der Waals surface area contributed by atoms with Crippen LogP contribution in [0.3, 0.4) is 0 Å². The van der Waals surface area contributed by atoms with E-state index in [1.807, 2.05) is 6.07 Å². The molecule has 1 aliphatic heterocycles. The Morgan fingerprint density at radius 1 is 0.931 bits per heavy atom. The predicted octanol–water partition coefficient (Wildman–Crippen LogP) is 5.51. The number of amides is 1. The number of benzene rings is 3. The van der Waals surface area contributed by atoms with E-state index in [0.29, 0.717) is 22.7 Å². The van der Waals surface area contributed by atoms with Crippen molar-refractivity contribution in [3.63, 3.8) is 0 Å². The number of rotatable bonds is 3. The van der Waals surface area contributed by atoms with Crippen LogP contribution in [0.2, 0.25) is 0 Å². The summed E-state index contributed by atoms with van der Waals surface area (Å²) in [5.41, 5.74) is 1.02. The van der Waals surface area contributed by atoms with Gasteiger partial charge in [0, 0.05) is 17.3 Å². The van der Waals surface area contributed by atoms with E-state index >= 15 is 0 Å². The summed E-state index contributed by atoms with van der Waals surface area (Å²) in [6.45, 7) is 0. The van der Waals surface area contributed by atoms with E-state index in [-0.39, 0.29) is 11.4 Å². The van der Waals surface area contributed by atoms with Gasteiger partial charge in [-0.3, -0.25) is 9.69 Å². The number of carbonyl (C=O) groups is 1. The minimum absolute atomic E-state index is 0.0554. The van der Waals surface area contributed by atoms with Crippen LogP contribution in [0.5, 0.6) is 5.75 Å². The zero-order valence-electron chi connectivity index (χ0n) is 15.3. The summed E-state index contributed by atoms with van der Waals surface area (Å²) in [5, 5.41) is 0. The van der Waals surface area contributed by atoms with Gasteiger partial charge in [-0.05, 0) is 42.5 Å². The largest absolute Gasteiger partial charge is 0.497 e. The number of fused-ring (bicyclic) bond motifs is 1. The van der Waals surface area contributed by atoms with Crippen molar-refractivity contribution in [2.75, 3.05) is 12.0 Å². The highest BCUT2D eigenvalue weighted by Crippen LogP contribution is 2.39. The molecule has 0 N–H and O–H groups in total. The van der Waals surface area contributed by atoms with Gasteiger partial charge in [0.05, 0.1) is 24.0 Å². The molecule has 3 aromatic rings. The topological polar surface area (TPSA) is 41.9 Å². The summed E-state index contributed by atoms with van der Waals surface area (Å²) in [6, 6.07) is 18.6. The van der Waals surface area contributed by atoms with Crippen LogP contribution in [0.15, 0.2) is 77.8 Å². The SMILES string of the molecule is COc1ccc2c(c1)N(c1ccccc1)C(=O)/C2=N\c1cccc(C(F)(F)F)c1. The zero-order valence-corrected chi connectivity index (χ0v) is 15.3. The van der Waals surface area contributed by atoms with Crippen LogP contribution >= 0.6 is 0 Å². The van der Waals surface area contributed by atoms with Gasteiger partial charge in [0.2, 0.25) is 0 Å². The highest BCUT2D eigenvalue weighted by molar-refractivity contribution is 6.56. The number of ether oxygens (including phenoxy) is 1. The summed E-state index contributed by atoms with van der Waals surface area (Å²) in [6.07, 6.45) is -4.49. The van der Waals surface area contributed by atoms with Crippen LogP contribution in [0, 0.1) is 0 Å². The Kier molecular flexibility index (Phi) is 4.58. The van der Waals surface area contributed by atoms with Gasteiger partial charge in [0.25, 0.3) is 5.91 Å². The van der Waals surface area contributed by atoms with E-state index in [1.165, 1.54) is 24.1 Å². The molecule has 1 aliphatic rings.